The van der Waals surface area contributed by atoms with E-state index in [-0.39, 0.29) is 5.91 Å². The Hall–Kier alpha value is -2.61. The minimum Gasteiger partial charge on any atom is -0.335 e. The molecule has 1 saturated heterocycles. The summed E-state index contributed by atoms with van der Waals surface area (Å²) in [5.41, 5.74) is 1.65. The normalized spacial score (nSPS) is 19.5. The third-order valence-electron chi connectivity index (χ3n) is 3.17. The molecule has 0 atom stereocenters. The molecule has 1 aromatic rings. The molecular weight excluding hydrogens is 316 g/mol. The summed E-state index contributed by atoms with van der Waals surface area (Å²) in [5.74, 6) is 0.299. The van der Waals surface area contributed by atoms with Crippen LogP contribution in [0.15, 0.2) is 53.7 Å². The number of carbonyl (C=O) groups is 1. The van der Waals surface area contributed by atoms with Crippen molar-refractivity contribution in [1.29, 1.82) is 0 Å². The van der Waals surface area contributed by atoms with Crippen molar-refractivity contribution < 1.29 is 13.2 Å². The van der Waals surface area contributed by atoms with E-state index in [9.17, 15) is 13.2 Å². The molecule has 0 radical (unpaired) electrons. The Kier molecular flexibility index (Phi) is 4.55. The fourth-order valence-corrected chi connectivity index (χ4v) is 2.66. The lowest BCUT2D eigenvalue weighted by molar-refractivity contribution is -0.115. The maximum absolute atomic E-state index is 12.1. The second-order valence-electron chi connectivity index (χ2n) is 5.06. The number of imidazole rings is 1. The first kappa shape index (κ1) is 16.8. The molecule has 1 aliphatic rings. The van der Waals surface area contributed by atoms with Crippen LogP contribution in [0.1, 0.15) is 12.7 Å². The molecule has 1 aromatic heterocycles. The lowest BCUT2D eigenvalue weighted by Crippen LogP contribution is -2.20. The monoisotopic (exact) mass is 334 g/mol. The Labute approximate surface area is 135 Å². The fraction of sp³-hybridized carbons (Fsp3) is 0.200. The maximum atomic E-state index is 12.1. The number of hydrogen-bond donors (Lipinski definition) is 2. The Morgan fingerprint density at radius 3 is 2.65 bits per heavy atom. The highest BCUT2D eigenvalue weighted by atomic mass is 32.2. The molecule has 0 bridgehead atoms. The van der Waals surface area contributed by atoms with Gasteiger partial charge in [0.2, 0.25) is 10.0 Å². The van der Waals surface area contributed by atoms with E-state index in [2.05, 4.69) is 21.6 Å². The van der Waals surface area contributed by atoms with E-state index in [0.29, 0.717) is 28.4 Å². The zero-order valence-electron chi connectivity index (χ0n) is 13.1. The van der Waals surface area contributed by atoms with Crippen molar-refractivity contribution in [3.05, 3.63) is 59.5 Å². The van der Waals surface area contributed by atoms with Gasteiger partial charge in [-0.2, -0.15) is 0 Å². The van der Waals surface area contributed by atoms with E-state index >= 15 is 0 Å². The second kappa shape index (κ2) is 6.25. The number of rotatable bonds is 4. The van der Waals surface area contributed by atoms with Crippen LogP contribution in [0, 0.1) is 0 Å². The zero-order chi connectivity index (χ0) is 17.2. The molecule has 0 aromatic carbocycles. The number of carbonyl (C=O) groups excluding carboxylic acids is 1. The highest BCUT2D eigenvalue weighted by molar-refractivity contribution is 7.88. The largest absolute Gasteiger partial charge is 0.335 e. The van der Waals surface area contributed by atoms with Gasteiger partial charge in [0.05, 0.1) is 11.8 Å². The molecule has 2 rings (SSSR count). The number of sulfonamides is 1. The zero-order valence-corrected chi connectivity index (χ0v) is 13.9. The molecule has 2 heterocycles. The minimum absolute atomic E-state index is 0.306. The maximum Gasteiger partial charge on any atom is 0.256 e. The van der Waals surface area contributed by atoms with Gasteiger partial charge in [0.1, 0.15) is 5.82 Å². The van der Waals surface area contributed by atoms with E-state index in [1.165, 1.54) is 0 Å². The van der Waals surface area contributed by atoms with Gasteiger partial charge in [-0.25, -0.2) is 13.4 Å². The summed E-state index contributed by atoms with van der Waals surface area (Å²) in [5, 5.41) is 2.63. The summed E-state index contributed by atoms with van der Waals surface area (Å²) in [6.07, 6.45) is 9.25. The van der Waals surface area contributed by atoms with Gasteiger partial charge >= 0.3 is 0 Å². The molecule has 1 aliphatic heterocycles. The second-order valence-corrected chi connectivity index (χ2v) is 6.81. The van der Waals surface area contributed by atoms with Crippen molar-refractivity contribution in [1.82, 2.24) is 19.6 Å². The molecule has 0 aliphatic carbocycles. The Morgan fingerprint density at radius 2 is 2.13 bits per heavy atom. The fourth-order valence-electron chi connectivity index (χ4n) is 2.05. The van der Waals surface area contributed by atoms with Crippen LogP contribution in [-0.4, -0.2) is 30.1 Å². The van der Waals surface area contributed by atoms with E-state index in [0.717, 1.165) is 6.26 Å². The highest BCUT2D eigenvalue weighted by Gasteiger charge is 2.26. The van der Waals surface area contributed by atoms with E-state index in [4.69, 9.17) is 0 Å². The molecule has 7 nitrogen and oxygen atoms in total. The van der Waals surface area contributed by atoms with E-state index < -0.39 is 10.0 Å². The summed E-state index contributed by atoms with van der Waals surface area (Å²) in [6.45, 7) is 5.49. The van der Waals surface area contributed by atoms with Crippen molar-refractivity contribution in [2.45, 2.75) is 6.92 Å². The molecule has 1 fully saturated rings. The summed E-state index contributed by atoms with van der Waals surface area (Å²) < 4.78 is 26.9. The summed E-state index contributed by atoms with van der Waals surface area (Å²) in [7, 11) is -1.60. The number of hydrogen-bond acceptors (Lipinski definition) is 4. The molecule has 23 heavy (non-hydrogen) atoms. The van der Waals surface area contributed by atoms with Gasteiger partial charge in [-0.15, -0.1) is 0 Å². The first-order valence-electron chi connectivity index (χ1n) is 6.77. The Bertz CT molecular complexity index is 857. The van der Waals surface area contributed by atoms with Crippen molar-refractivity contribution in [2.24, 2.45) is 7.05 Å². The van der Waals surface area contributed by atoms with E-state index in [1.807, 2.05) is 7.05 Å². The van der Waals surface area contributed by atoms with Gasteiger partial charge in [-0.1, -0.05) is 12.7 Å². The quantitative estimate of drug-likeness (QED) is 0.798. The topological polar surface area (TPSA) is 93.1 Å². The van der Waals surface area contributed by atoms with Crippen LogP contribution in [0.25, 0.3) is 6.08 Å². The molecule has 0 saturated carbocycles. The van der Waals surface area contributed by atoms with Crippen molar-refractivity contribution in [3.8, 4) is 0 Å². The standard InChI is InChI=1S/C15H18N4O3S/c1-5-11(18-23(4,21)22)8-12-10(2)17-15(20)13(12)9-14-16-6-7-19(14)3/h5-9,18H,2H2,1,3-4H3,(H,17,20)/b11-5-,12-8-,13-9-. The first-order valence-corrected chi connectivity index (χ1v) is 8.66. The molecule has 122 valence electrons. The predicted octanol–water partition coefficient (Wildman–Crippen LogP) is 0.826. The highest BCUT2D eigenvalue weighted by Crippen LogP contribution is 2.26. The smallest absolute Gasteiger partial charge is 0.256 e. The van der Waals surface area contributed by atoms with Crippen LogP contribution >= 0.6 is 0 Å². The summed E-state index contributed by atoms with van der Waals surface area (Å²) >= 11 is 0. The number of aromatic nitrogens is 2. The van der Waals surface area contributed by atoms with Crippen LogP contribution < -0.4 is 10.0 Å². The molecule has 1 amide bonds. The SMILES string of the molecule is C=C1NC(=O)C(=C\c2nccn2C)/C1=C\C(=C\C)NS(C)(=O)=O. The minimum atomic E-state index is -3.42. The van der Waals surface area contributed by atoms with Gasteiger partial charge in [-0.3, -0.25) is 9.52 Å². The van der Waals surface area contributed by atoms with Crippen molar-refractivity contribution in [2.75, 3.05) is 6.26 Å². The number of nitrogens with zero attached hydrogens (tertiary/aromatic N) is 2. The lowest BCUT2D eigenvalue weighted by Gasteiger charge is -2.06. The van der Waals surface area contributed by atoms with Crippen LogP contribution in [0.3, 0.4) is 0 Å². The van der Waals surface area contributed by atoms with Crippen LogP contribution in [0.4, 0.5) is 0 Å². The van der Waals surface area contributed by atoms with Gasteiger partial charge in [0.25, 0.3) is 5.91 Å². The number of nitrogens with one attached hydrogen (secondary N) is 2. The molecule has 2 N–H and O–H groups in total. The van der Waals surface area contributed by atoms with Crippen LogP contribution in [-0.2, 0) is 21.9 Å². The molecular formula is C15H18N4O3S. The third-order valence-corrected chi connectivity index (χ3v) is 3.78. The van der Waals surface area contributed by atoms with Gasteiger partial charge in [0.15, 0.2) is 0 Å². The van der Waals surface area contributed by atoms with E-state index in [1.54, 1.807) is 42.1 Å². The van der Waals surface area contributed by atoms with Crippen molar-refractivity contribution in [3.63, 3.8) is 0 Å². The summed E-state index contributed by atoms with van der Waals surface area (Å²) in [6, 6.07) is 0. The lowest BCUT2D eigenvalue weighted by atomic mass is 10.1. The van der Waals surface area contributed by atoms with Gasteiger partial charge in [-0.05, 0) is 19.1 Å². The summed E-state index contributed by atoms with van der Waals surface area (Å²) in [4.78, 5) is 16.3. The van der Waals surface area contributed by atoms with Crippen LogP contribution in [0.5, 0.6) is 0 Å². The Balaban J connectivity index is 2.47. The van der Waals surface area contributed by atoms with Crippen LogP contribution in [0.2, 0.25) is 0 Å². The number of aryl methyl sites for hydroxylation is 1. The molecule has 0 unspecified atom stereocenters. The Morgan fingerprint density at radius 1 is 1.43 bits per heavy atom. The molecule has 8 heteroatoms. The average Bonchev–Trinajstić information content (AvgIpc) is 2.95. The predicted molar refractivity (Wildman–Crippen MR) is 88.3 cm³/mol. The van der Waals surface area contributed by atoms with Gasteiger partial charge in [0, 0.05) is 36.4 Å². The van der Waals surface area contributed by atoms with Gasteiger partial charge < -0.3 is 9.88 Å². The number of amides is 1. The average molecular weight is 334 g/mol. The first-order chi connectivity index (χ1) is 10.7. The van der Waals surface area contributed by atoms with Crippen molar-refractivity contribution >= 4 is 22.0 Å². The third kappa shape index (κ3) is 3.98. The number of allylic oxidation sites excluding steroid dienone is 3. The molecule has 0 spiro atoms.